The molecule has 3 fully saturated rings. The van der Waals surface area contributed by atoms with E-state index in [1.165, 1.54) is 18.4 Å². The summed E-state index contributed by atoms with van der Waals surface area (Å²) in [6, 6.07) is 8.09. The van der Waals surface area contributed by atoms with Crippen molar-refractivity contribution < 1.29 is 4.79 Å². The highest BCUT2D eigenvalue weighted by atomic mass is 35.5. The second kappa shape index (κ2) is 5.54. The summed E-state index contributed by atoms with van der Waals surface area (Å²) in [7, 11) is 0. The molecule has 0 N–H and O–H groups in total. The molecule has 1 saturated heterocycles. The Morgan fingerprint density at radius 3 is 2.59 bits per heavy atom. The second-order valence-corrected chi connectivity index (χ2v) is 7.64. The van der Waals surface area contributed by atoms with Crippen LogP contribution in [-0.4, -0.2) is 41.9 Å². The third-order valence-electron chi connectivity index (χ3n) is 5.60. The molecule has 2 saturated carbocycles. The first kappa shape index (κ1) is 14.5. The van der Waals surface area contributed by atoms with Crippen LogP contribution < -0.4 is 0 Å². The molecule has 22 heavy (non-hydrogen) atoms. The zero-order valence-corrected chi connectivity index (χ0v) is 13.7. The van der Waals surface area contributed by atoms with Crippen molar-refractivity contribution >= 4 is 17.5 Å². The zero-order chi connectivity index (χ0) is 15.2. The van der Waals surface area contributed by atoms with E-state index in [1.807, 2.05) is 12.1 Å². The number of rotatable bonds is 3. The molecule has 1 aromatic rings. The number of hydrogen-bond donors (Lipinski definition) is 0. The van der Waals surface area contributed by atoms with Gasteiger partial charge in [0.2, 0.25) is 5.91 Å². The Hall–Kier alpha value is -1.06. The number of benzene rings is 1. The topological polar surface area (TPSA) is 23.6 Å². The van der Waals surface area contributed by atoms with E-state index in [-0.39, 0.29) is 0 Å². The highest BCUT2D eigenvalue weighted by molar-refractivity contribution is 6.30. The Kier molecular flexibility index (Phi) is 3.66. The van der Waals surface area contributed by atoms with E-state index in [9.17, 15) is 4.79 Å². The Morgan fingerprint density at radius 1 is 1.14 bits per heavy atom. The standard InChI is InChI=1S/C18H23ClN2O/c19-15-4-2-14(3-5-15)13-20-8-1-9-21(11-10-20)17(22)16-12-18(16)6-7-18/h2-5,16H,1,6-13H2. The number of halogens is 1. The maximum absolute atomic E-state index is 12.6. The molecule has 1 aromatic carbocycles. The van der Waals surface area contributed by atoms with Gasteiger partial charge in [-0.3, -0.25) is 9.69 Å². The van der Waals surface area contributed by atoms with Crippen molar-refractivity contribution in [2.24, 2.45) is 11.3 Å². The Labute approximate surface area is 137 Å². The molecular formula is C18H23ClN2O. The first-order valence-corrected chi connectivity index (χ1v) is 8.80. The van der Waals surface area contributed by atoms with Crippen LogP contribution >= 0.6 is 11.6 Å². The predicted octanol–water partition coefficient (Wildman–Crippen LogP) is 3.17. The molecule has 1 amide bonds. The van der Waals surface area contributed by atoms with E-state index in [0.717, 1.165) is 50.6 Å². The van der Waals surface area contributed by atoms with E-state index >= 15 is 0 Å². The van der Waals surface area contributed by atoms with Gasteiger partial charge in [-0.1, -0.05) is 23.7 Å². The molecule has 0 aromatic heterocycles. The number of nitrogens with zero attached hydrogens (tertiary/aromatic N) is 2. The minimum absolute atomic E-state index is 0.371. The van der Waals surface area contributed by atoms with Gasteiger partial charge in [-0.25, -0.2) is 0 Å². The lowest BCUT2D eigenvalue weighted by Crippen LogP contribution is -2.36. The van der Waals surface area contributed by atoms with Crippen molar-refractivity contribution in [1.29, 1.82) is 0 Å². The number of hydrogen-bond acceptors (Lipinski definition) is 2. The molecule has 4 rings (SSSR count). The van der Waals surface area contributed by atoms with Crippen molar-refractivity contribution in [1.82, 2.24) is 9.80 Å². The number of carbonyl (C=O) groups excluding carboxylic acids is 1. The van der Waals surface area contributed by atoms with E-state index in [4.69, 9.17) is 11.6 Å². The average Bonchev–Trinajstić information content (AvgIpc) is 3.42. The highest BCUT2D eigenvalue weighted by Gasteiger charge is 2.66. The van der Waals surface area contributed by atoms with Crippen LogP contribution in [0.2, 0.25) is 5.02 Å². The Bertz CT molecular complexity index is 567. The van der Waals surface area contributed by atoms with Crippen LogP contribution in [0.25, 0.3) is 0 Å². The third kappa shape index (κ3) is 2.89. The molecule has 3 aliphatic rings. The fourth-order valence-electron chi connectivity index (χ4n) is 3.83. The van der Waals surface area contributed by atoms with Crippen LogP contribution in [0.15, 0.2) is 24.3 Å². The van der Waals surface area contributed by atoms with Crippen molar-refractivity contribution in [3.63, 3.8) is 0 Å². The quantitative estimate of drug-likeness (QED) is 0.854. The summed E-state index contributed by atoms with van der Waals surface area (Å²) in [5, 5.41) is 0.787. The fraction of sp³-hybridized carbons (Fsp3) is 0.611. The van der Waals surface area contributed by atoms with Crippen molar-refractivity contribution in [2.45, 2.75) is 32.2 Å². The van der Waals surface area contributed by atoms with Gasteiger partial charge in [-0.15, -0.1) is 0 Å². The van der Waals surface area contributed by atoms with Gasteiger partial charge in [0.15, 0.2) is 0 Å². The molecule has 118 valence electrons. The van der Waals surface area contributed by atoms with Gasteiger partial charge in [0.25, 0.3) is 0 Å². The van der Waals surface area contributed by atoms with Gasteiger partial charge in [0.05, 0.1) is 0 Å². The largest absolute Gasteiger partial charge is 0.341 e. The minimum atomic E-state index is 0.371. The van der Waals surface area contributed by atoms with Gasteiger partial charge in [-0.05, 0) is 48.8 Å². The van der Waals surface area contributed by atoms with Crippen molar-refractivity contribution in [3.8, 4) is 0 Å². The van der Waals surface area contributed by atoms with Crippen LogP contribution in [0.1, 0.15) is 31.2 Å². The van der Waals surface area contributed by atoms with Gasteiger partial charge in [0.1, 0.15) is 0 Å². The summed E-state index contributed by atoms with van der Waals surface area (Å²) in [6.45, 7) is 4.82. The van der Waals surface area contributed by atoms with Crippen LogP contribution in [0, 0.1) is 11.3 Å². The monoisotopic (exact) mass is 318 g/mol. The SMILES string of the molecule is O=C(C1CC12CC2)N1CCCN(Cc2ccc(Cl)cc2)CC1. The summed E-state index contributed by atoms with van der Waals surface area (Å²) in [5.41, 5.74) is 1.77. The fourth-order valence-corrected chi connectivity index (χ4v) is 3.95. The predicted molar refractivity (Wildman–Crippen MR) is 87.7 cm³/mol. The lowest BCUT2D eigenvalue weighted by Gasteiger charge is -2.22. The molecule has 1 aliphatic heterocycles. The summed E-state index contributed by atoms with van der Waals surface area (Å²) < 4.78 is 0. The van der Waals surface area contributed by atoms with E-state index in [2.05, 4.69) is 21.9 Å². The lowest BCUT2D eigenvalue weighted by molar-refractivity contribution is -0.132. The highest BCUT2D eigenvalue weighted by Crippen LogP contribution is 2.70. The Balaban J connectivity index is 1.32. The molecule has 1 atom stereocenters. The van der Waals surface area contributed by atoms with Gasteiger partial charge >= 0.3 is 0 Å². The first-order valence-electron chi connectivity index (χ1n) is 8.42. The molecule has 1 spiro atoms. The summed E-state index contributed by atoms with van der Waals surface area (Å²) in [5.74, 6) is 0.807. The average molecular weight is 319 g/mol. The first-order chi connectivity index (χ1) is 10.7. The van der Waals surface area contributed by atoms with Gasteiger partial charge in [-0.2, -0.15) is 0 Å². The Morgan fingerprint density at radius 2 is 1.91 bits per heavy atom. The molecular weight excluding hydrogens is 296 g/mol. The maximum Gasteiger partial charge on any atom is 0.226 e. The summed E-state index contributed by atoms with van der Waals surface area (Å²) in [6.07, 6.45) is 4.83. The van der Waals surface area contributed by atoms with E-state index in [1.54, 1.807) is 0 Å². The van der Waals surface area contributed by atoms with Crippen LogP contribution in [0.5, 0.6) is 0 Å². The van der Waals surface area contributed by atoms with Crippen molar-refractivity contribution in [3.05, 3.63) is 34.9 Å². The molecule has 1 unspecified atom stereocenters. The number of amides is 1. The molecule has 4 heteroatoms. The molecule has 0 radical (unpaired) electrons. The second-order valence-electron chi connectivity index (χ2n) is 7.20. The molecule has 1 heterocycles. The molecule has 3 nitrogen and oxygen atoms in total. The minimum Gasteiger partial charge on any atom is -0.341 e. The van der Waals surface area contributed by atoms with Crippen LogP contribution in [0.3, 0.4) is 0 Å². The molecule has 2 aliphatic carbocycles. The normalized spacial score (nSPS) is 26.8. The van der Waals surface area contributed by atoms with E-state index in [0.29, 0.717) is 17.2 Å². The van der Waals surface area contributed by atoms with Crippen LogP contribution in [-0.2, 0) is 11.3 Å². The zero-order valence-electron chi connectivity index (χ0n) is 12.9. The van der Waals surface area contributed by atoms with Gasteiger partial charge < -0.3 is 4.90 Å². The lowest BCUT2D eigenvalue weighted by atomic mass is 10.2. The van der Waals surface area contributed by atoms with Gasteiger partial charge in [0, 0.05) is 43.7 Å². The number of carbonyl (C=O) groups is 1. The molecule has 0 bridgehead atoms. The van der Waals surface area contributed by atoms with Crippen LogP contribution in [0.4, 0.5) is 0 Å². The summed E-state index contributed by atoms with van der Waals surface area (Å²) >= 11 is 5.94. The summed E-state index contributed by atoms with van der Waals surface area (Å²) in [4.78, 5) is 17.1. The van der Waals surface area contributed by atoms with E-state index < -0.39 is 0 Å². The maximum atomic E-state index is 12.6. The van der Waals surface area contributed by atoms with Crippen molar-refractivity contribution in [2.75, 3.05) is 26.2 Å². The smallest absolute Gasteiger partial charge is 0.226 e. The third-order valence-corrected chi connectivity index (χ3v) is 5.85.